The summed E-state index contributed by atoms with van der Waals surface area (Å²) in [5.74, 6) is 0.734. The number of rotatable bonds is 4. The summed E-state index contributed by atoms with van der Waals surface area (Å²) in [6.45, 7) is 8.30. The standard InChI is InChI=1S/C13H19N/c1-3-12(10-14-8-9-14)13-6-4-11(2)5-7-13/h4-7,12H,3,8-10H2,1-2H3. The van der Waals surface area contributed by atoms with Crippen molar-refractivity contribution in [3.05, 3.63) is 35.4 Å². The summed E-state index contributed by atoms with van der Waals surface area (Å²) < 4.78 is 0. The molecule has 1 aliphatic heterocycles. The lowest BCUT2D eigenvalue weighted by atomic mass is 9.96. The second-order valence-corrected chi connectivity index (χ2v) is 4.32. The van der Waals surface area contributed by atoms with Crippen LogP contribution in [0.2, 0.25) is 0 Å². The van der Waals surface area contributed by atoms with Crippen molar-refractivity contribution in [2.24, 2.45) is 0 Å². The Kier molecular flexibility index (Phi) is 2.87. The first-order chi connectivity index (χ1) is 6.79. The van der Waals surface area contributed by atoms with Gasteiger partial charge in [0.2, 0.25) is 0 Å². The summed E-state index contributed by atoms with van der Waals surface area (Å²) in [6, 6.07) is 9.01. The van der Waals surface area contributed by atoms with E-state index in [9.17, 15) is 0 Å². The zero-order valence-corrected chi connectivity index (χ0v) is 9.16. The van der Waals surface area contributed by atoms with Gasteiger partial charge >= 0.3 is 0 Å². The minimum atomic E-state index is 0.734. The van der Waals surface area contributed by atoms with Gasteiger partial charge in [0.1, 0.15) is 0 Å². The second kappa shape index (κ2) is 4.14. The van der Waals surface area contributed by atoms with Crippen LogP contribution < -0.4 is 0 Å². The summed E-state index contributed by atoms with van der Waals surface area (Å²) in [6.07, 6.45) is 1.25. The molecule has 0 aliphatic carbocycles. The maximum atomic E-state index is 2.51. The van der Waals surface area contributed by atoms with Gasteiger partial charge in [-0.2, -0.15) is 0 Å². The second-order valence-electron chi connectivity index (χ2n) is 4.32. The van der Waals surface area contributed by atoms with Crippen LogP contribution in [0.3, 0.4) is 0 Å². The SMILES string of the molecule is CCC(CN1CC1)c1ccc(C)cc1. The lowest BCUT2D eigenvalue weighted by molar-refractivity contribution is 0.477. The summed E-state index contributed by atoms with van der Waals surface area (Å²) in [5.41, 5.74) is 2.86. The fourth-order valence-electron chi connectivity index (χ4n) is 1.87. The highest BCUT2D eigenvalue weighted by Crippen LogP contribution is 2.23. The monoisotopic (exact) mass is 189 g/mol. The molecule has 0 aromatic heterocycles. The number of benzene rings is 1. The molecule has 1 aliphatic rings. The summed E-state index contributed by atoms with van der Waals surface area (Å²) in [5, 5.41) is 0. The Morgan fingerprint density at radius 1 is 1.21 bits per heavy atom. The Balaban J connectivity index is 2.05. The lowest BCUT2D eigenvalue weighted by Gasteiger charge is -2.15. The van der Waals surface area contributed by atoms with Gasteiger partial charge in [0.05, 0.1) is 0 Å². The van der Waals surface area contributed by atoms with Crippen molar-refractivity contribution < 1.29 is 0 Å². The minimum absolute atomic E-state index is 0.734. The van der Waals surface area contributed by atoms with Crippen LogP contribution in [0.4, 0.5) is 0 Å². The highest BCUT2D eigenvalue weighted by molar-refractivity contribution is 5.24. The first-order valence-electron chi connectivity index (χ1n) is 5.58. The normalized spacial score (nSPS) is 18.1. The number of nitrogens with zero attached hydrogens (tertiary/aromatic N) is 1. The third-order valence-corrected chi connectivity index (χ3v) is 3.06. The van der Waals surface area contributed by atoms with Crippen molar-refractivity contribution in [3.63, 3.8) is 0 Å². The molecule has 0 bridgehead atoms. The molecule has 1 atom stereocenters. The van der Waals surface area contributed by atoms with Gasteiger partial charge in [-0.3, -0.25) is 0 Å². The summed E-state index contributed by atoms with van der Waals surface area (Å²) in [7, 11) is 0. The largest absolute Gasteiger partial charge is 0.300 e. The Morgan fingerprint density at radius 3 is 2.36 bits per heavy atom. The molecule has 0 amide bonds. The molecule has 1 fully saturated rings. The molecule has 76 valence electrons. The van der Waals surface area contributed by atoms with Crippen LogP contribution in [0.5, 0.6) is 0 Å². The average Bonchev–Trinajstić information content (AvgIpc) is 3.00. The van der Waals surface area contributed by atoms with E-state index in [1.165, 1.54) is 37.2 Å². The zero-order chi connectivity index (χ0) is 9.97. The third-order valence-electron chi connectivity index (χ3n) is 3.06. The van der Waals surface area contributed by atoms with Gasteiger partial charge in [-0.15, -0.1) is 0 Å². The van der Waals surface area contributed by atoms with E-state index in [4.69, 9.17) is 0 Å². The Hall–Kier alpha value is -0.820. The number of hydrogen-bond donors (Lipinski definition) is 0. The van der Waals surface area contributed by atoms with E-state index >= 15 is 0 Å². The van der Waals surface area contributed by atoms with E-state index in [0.29, 0.717) is 0 Å². The quantitative estimate of drug-likeness (QED) is 0.658. The molecule has 0 spiro atoms. The molecule has 1 heteroatoms. The van der Waals surface area contributed by atoms with E-state index in [1.807, 2.05) is 0 Å². The van der Waals surface area contributed by atoms with Gasteiger partial charge in [0.15, 0.2) is 0 Å². The van der Waals surface area contributed by atoms with E-state index in [0.717, 1.165) is 5.92 Å². The van der Waals surface area contributed by atoms with Gasteiger partial charge < -0.3 is 4.90 Å². The van der Waals surface area contributed by atoms with Crippen LogP contribution >= 0.6 is 0 Å². The fourth-order valence-corrected chi connectivity index (χ4v) is 1.87. The van der Waals surface area contributed by atoms with E-state index in [1.54, 1.807) is 0 Å². The van der Waals surface area contributed by atoms with Gasteiger partial charge in [0, 0.05) is 19.6 Å². The third kappa shape index (κ3) is 2.36. The van der Waals surface area contributed by atoms with Gasteiger partial charge in [-0.1, -0.05) is 36.8 Å². The predicted molar refractivity (Wildman–Crippen MR) is 60.7 cm³/mol. The number of hydrogen-bond acceptors (Lipinski definition) is 1. The highest BCUT2D eigenvalue weighted by atomic mass is 15.3. The zero-order valence-electron chi connectivity index (χ0n) is 9.16. The number of aryl methyl sites for hydroxylation is 1. The van der Waals surface area contributed by atoms with Crippen LogP contribution in [0.25, 0.3) is 0 Å². The highest BCUT2D eigenvalue weighted by Gasteiger charge is 2.21. The first-order valence-corrected chi connectivity index (χ1v) is 5.58. The molecule has 1 nitrogen and oxygen atoms in total. The molecular weight excluding hydrogens is 170 g/mol. The molecule has 1 aromatic rings. The van der Waals surface area contributed by atoms with Gasteiger partial charge in [0.25, 0.3) is 0 Å². The van der Waals surface area contributed by atoms with Crippen molar-refractivity contribution in [1.29, 1.82) is 0 Å². The summed E-state index contributed by atoms with van der Waals surface area (Å²) >= 11 is 0. The molecule has 1 unspecified atom stereocenters. The molecule has 0 saturated carbocycles. The predicted octanol–water partition coefficient (Wildman–Crippen LogP) is 2.80. The van der Waals surface area contributed by atoms with E-state index in [2.05, 4.69) is 43.0 Å². The van der Waals surface area contributed by atoms with Gasteiger partial charge in [-0.25, -0.2) is 0 Å². The average molecular weight is 189 g/mol. The molecular formula is C13H19N. The molecule has 1 saturated heterocycles. The van der Waals surface area contributed by atoms with Crippen molar-refractivity contribution >= 4 is 0 Å². The maximum Gasteiger partial charge on any atom is 0.0110 e. The lowest BCUT2D eigenvalue weighted by Crippen LogP contribution is -2.10. The van der Waals surface area contributed by atoms with Crippen molar-refractivity contribution in [1.82, 2.24) is 4.90 Å². The smallest absolute Gasteiger partial charge is 0.0110 e. The van der Waals surface area contributed by atoms with Crippen LogP contribution in [0.15, 0.2) is 24.3 Å². The minimum Gasteiger partial charge on any atom is -0.300 e. The molecule has 2 rings (SSSR count). The van der Waals surface area contributed by atoms with E-state index < -0.39 is 0 Å². The fraction of sp³-hybridized carbons (Fsp3) is 0.538. The molecule has 0 N–H and O–H groups in total. The maximum absolute atomic E-state index is 2.51. The van der Waals surface area contributed by atoms with Crippen LogP contribution in [-0.2, 0) is 0 Å². The molecule has 1 heterocycles. The molecule has 0 radical (unpaired) electrons. The van der Waals surface area contributed by atoms with Gasteiger partial charge in [-0.05, 0) is 24.8 Å². The van der Waals surface area contributed by atoms with Crippen LogP contribution in [-0.4, -0.2) is 24.5 Å². The Labute approximate surface area is 86.7 Å². The molecule has 14 heavy (non-hydrogen) atoms. The molecule has 1 aromatic carbocycles. The Morgan fingerprint density at radius 2 is 1.86 bits per heavy atom. The van der Waals surface area contributed by atoms with E-state index in [-0.39, 0.29) is 0 Å². The Bertz CT molecular complexity index is 285. The van der Waals surface area contributed by atoms with Crippen molar-refractivity contribution in [2.45, 2.75) is 26.2 Å². The topological polar surface area (TPSA) is 3.01 Å². The van der Waals surface area contributed by atoms with Crippen molar-refractivity contribution in [3.8, 4) is 0 Å². The first kappa shape index (κ1) is 9.72. The van der Waals surface area contributed by atoms with Crippen LogP contribution in [0, 0.1) is 6.92 Å². The van der Waals surface area contributed by atoms with Crippen molar-refractivity contribution in [2.75, 3.05) is 19.6 Å². The summed E-state index contributed by atoms with van der Waals surface area (Å²) in [4.78, 5) is 2.51. The van der Waals surface area contributed by atoms with Crippen LogP contribution in [0.1, 0.15) is 30.4 Å².